The summed E-state index contributed by atoms with van der Waals surface area (Å²) in [6.45, 7) is 7.27. The van der Waals surface area contributed by atoms with Crippen LogP contribution in [0.1, 0.15) is 44.0 Å². The second-order valence-electron chi connectivity index (χ2n) is 7.06. The summed E-state index contributed by atoms with van der Waals surface area (Å²) < 4.78 is 8.79. The SMILES string of the molecule is CCCc1c2c(nn1C)[NH+]([O-])CC(c1cc(I)cnc1OCC(C)C)=C2. The fourth-order valence-electron chi connectivity index (χ4n) is 3.14. The van der Waals surface area contributed by atoms with Gasteiger partial charge in [0.1, 0.15) is 6.54 Å². The molecule has 0 radical (unpaired) electrons. The van der Waals surface area contributed by atoms with Crippen molar-refractivity contribution in [3.05, 3.63) is 37.9 Å². The maximum absolute atomic E-state index is 12.7. The summed E-state index contributed by atoms with van der Waals surface area (Å²) in [6, 6.07) is 2.04. The number of quaternary nitrogens is 1. The molecule has 0 saturated carbocycles. The number of nitrogens with zero attached hydrogens (tertiary/aromatic N) is 3. The Bertz CT molecular complexity index is 829. The van der Waals surface area contributed by atoms with Crippen LogP contribution >= 0.6 is 22.6 Å². The number of pyridine rings is 1. The quantitative estimate of drug-likeness (QED) is 0.523. The molecule has 6 nitrogen and oxygen atoms in total. The zero-order valence-corrected chi connectivity index (χ0v) is 17.8. The number of rotatable bonds is 6. The van der Waals surface area contributed by atoms with Gasteiger partial charge < -0.3 is 15.0 Å². The lowest BCUT2D eigenvalue weighted by molar-refractivity contribution is -0.770. The van der Waals surface area contributed by atoms with Crippen LogP contribution in [0.25, 0.3) is 11.6 Å². The third-order valence-electron chi connectivity index (χ3n) is 4.34. The van der Waals surface area contributed by atoms with Gasteiger partial charge in [0.15, 0.2) is 0 Å². The van der Waals surface area contributed by atoms with Gasteiger partial charge in [0.2, 0.25) is 5.88 Å². The molecular formula is C19H25IN4O2. The third kappa shape index (κ3) is 3.94. The van der Waals surface area contributed by atoms with Crippen molar-refractivity contribution in [2.45, 2.75) is 33.6 Å². The van der Waals surface area contributed by atoms with Crippen molar-refractivity contribution >= 4 is 40.1 Å². The van der Waals surface area contributed by atoms with E-state index in [2.05, 4.69) is 59.5 Å². The van der Waals surface area contributed by atoms with Gasteiger partial charge in [-0.05, 0) is 47.1 Å². The Morgan fingerprint density at radius 3 is 2.88 bits per heavy atom. The Balaban J connectivity index is 2.06. The normalized spacial score (nSPS) is 16.6. The van der Waals surface area contributed by atoms with Crippen LogP contribution in [0.2, 0.25) is 0 Å². The minimum Gasteiger partial charge on any atom is -0.627 e. The van der Waals surface area contributed by atoms with E-state index in [1.165, 1.54) is 0 Å². The predicted octanol–water partition coefficient (Wildman–Crippen LogP) is 2.98. The number of hydrogen-bond donors (Lipinski definition) is 1. The van der Waals surface area contributed by atoms with Crippen LogP contribution in [-0.4, -0.2) is 27.9 Å². The molecule has 0 fully saturated rings. The first-order chi connectivity index (χ1) is 12.4. The zero-order valence-electron chi connectivity index (χ0n) is 15.7. The average molecular weight is 468 g/mol. The maximum Gasteiger partial charge on any atom is 0.252 e. The number of hydroxylamine groups is 1. The molecular weight excluding hydrogens is 443 g/mol. The highest BCUT2D eigenvalue weighted by Gasteiger charge is 2.27. The molecule has 0 bridgehead atoms. The van der Waals surface area contributed by atoms with Crippen molar-refractivity contribution in [3.8, 4) is 5.88 Å². The Morgan fingerprint density at radius 2 is 2.19 bits per heavy atom. The Kier molecular flexibility index (Phi) is 5.99. The standard InChI is InChI=1S/C19H25IN4O2/c1-5-6-17-16-7-13(10-24(25)18(16)22-23(17)4)15-8-14(20)9-21-19(15)26-11-12(2)3/h7-9,12,24H,5-6,10-11H2,1-4H3. The van der Waals surface area contributed by atoms with Gasteiger partial charge in [0.05, 0.1) is 17.9 Å². The van der Waals surface area contributed by atoms with Gasteiger partial charge in [-0.3, -0.25) is 4.68 Å². The van der Waals surface area contributed by atoms with Crippen LogP contribution in [0.3, 0.4) is 0 Å². The van der Waals surface area contributed by atoms with Crippen molar-refractivity contribution in [1.82, 2.24) is 14.8 Å². The van der Waals surface area contributed by atoms with Crippen molar-refractivity contribution in [2.24, 2.45) is 13.0 Å². The van der Waals surface area contributed by atoms with Gasteiger partial charge in [-0.1, -0.05) is 27.2 Å². The van der Waals surface area contributed by atoms with Gasteiger partial charge in [-0.25, -0.2) is 4.98 Å². The van der Waals surface area contributed by atoms with Gasteiger partial charge in [0.25, 0.3) is 5.82 Å². The summed E-state index contributed by atoms with van der Waals surface area (Å²) >= 11 is 2.24. The van der Waals surface area contributed by atoms with Gasteiger partial charge in [0, 0.05) is 28.0 Å². The van der Waals surface area contributed by atoms with E-state index in [1.54, 1.807) is 6.20 Å². The second-order valence-corrected chi connectivity index (χ2v) is 8.31. The van der Waals surface area contributed by atoms with Crippen LogP contribution in [0, 0.1) is 14.7 Å². The number of aryl methyl sites for hydroxylation is 1. The molecule has 140 valence electrons. The molecule has 3 heterocycles. The first-order valence-corrected chi connectivity index (χ1v) is 10.1. The largest absolute Gasteiger partial charge is 0.627 e. The lowest BCUT2D eigenvalue weighted by atomic mass is 9.99. The molecule has 1 aliphatic rings. The number of hydrogen-bond acceptors (Lipinski definition) is 4. The highest BCUT2D eigenvalue weighted by molar-refractivity contribution is 14.1. The van der Waals surface area contributed by atoms with Gasteiger partial charge >= 0.3 is 0 Å². The number of halogens is 1. The molecule has 0 saturated heterocycles. The predicted molar refractivity (Wildman–Crippen MR) is 111 cm³/mol. The molecule has 1 N–H and O–H groups in total. The van der Waals surface area contributed by atoms with Crippen molar-refractivity contribution in [3.63, 3.8) is 0 Å². The third-order valence-corrected chi connectivity index (χ3v) is 4.93. The van der Waals surface area contributed by atoms with E-state index in [-0.39, 0.29) is 5.06 Å². The molecule has 3 rings (SSSR count). The van der Waals surface area contributed by atoms with Crippen LogP contribution in [0.5, 0.6) is 5.88 Å². The Morgan fingerprint density at radius 1 is 1.42 bits per heavy atom. The molecule has 0 spiro atoms. The minimum absolute atomic E-state index is 0.0594. The summed E-state index contributed by atoms with van der Waals surface area (Å²) in [5.74, 6) is 1.59. The van der Waals surface area contributed by atoms with E-state index in [9.17, 15) is 5.21 Å². The molecule has 1 aliphatic heterocycles. The number of nitrogens with one attached hydrogen (secondary N) is 1. The summed E-state index contributed by atoms with van der Waals surface area (Å²) in [6.07, 6.45) is 5.81. The minimum atomic E-state index is 0.0594. The van der Waals surface area contributed by atoms with Crippen LogP contribution in [0.15, 0.2) is 12.3 Å². The topological polar surface area (TPSA) is 67.4 Å². The van der Waals surface area contributed by atoms with E-state index in [1.807, 2.05) is 17.8 Å². The summed E-state index contributed by atoms with van der Waals surface area (Å²) in [5.41, 5.74) is 3.92. The second kappa shape index (κ2) is 8.06. The molecule has 7 heteroatoms. The molecule has 1 atom stereocenters. The number of aromatic nitrogens is 3. The van der Waals surface area contributed by atoms with E-state index in [0.29, 0.717) is 30.8 Å². The lowest BCUT2D eigenvalue weighted by Crippen LogP contribution is -3.03. The maximum atomic E-state index is 12.7. The summed E-state index contributed by atoms with van der Waals surface area (Å²) in [5, 5.41) is 17.2. The summed E-state index contributed by atoms with van der Waals surface area (Å²) in [7, 11) is 1.91. The van der Waals surface area contributed by atoms with Crippen molar-refractivity contribution in [2.75, 3.05) is 13.2 Å². The first-order valence-electron chi connectivity index (χ1n) is 8.99. The molecule has 26 heavy (non-hydrogen) atoms. The van der Waals surface area contributed by atoms with E-state index < -0.39 is 0 Å². The van der Waals surface area contributed by atoms with Crippen LogP contribution < -0.4 is 9.80 Å². The molecule has 0 aromatic carbocycles. The number of fused-ring (bicyclic) bond motifs is 1. The monoisotopic (exact) mass is 468 g/mol. The fourth-order valence-corrected chi connectivity index (χ4v) is 3.59. The lowest BCUT2D eigenvalue weighted by Gasteiger charge is -2.26. The van der Waals surface area contributed by atoms with Gasteiger partial charge in [-0.15, -0.1) is 5.10 Å². The molecule has 2 aromatic rings. The van der Waals surface area contributed by atoms with Crippen molar-refractivity contribution in [1.29, 1.82) is 0 Å². The average Bonchev–Trinajstić information content (AvgIpc) is 2.91. The highest BCUT2D eigenvalue weighted by atomic mass is 127. The summed E-state index contributed by atoms with van der Waals surface area (Å²) in [4.78, 5) is 4.47. The Hall–Kier alpha value is -1.45. The smallest absolute Gasteiger partial charge is 0.252 e. The van der Waals surface area contributed by atoms with Crippen LogP contribution in [-0.2, 0) is 13.5 Å². The zero-order chi connectivity index (χ0) is 18.8. The van der Waals surface area contributed by atoms with E-state index >= 15 is 0 Å². The van der Waals surface area contributed by atoms with Crippen LogP contribution in [0.4, 0.5) is 5.82 Å². The molecule has 1 unspecified atom stereocenters. The van der Waals surface area contributed by atoms with Crippen molar-refractivity contribution < 1.29 is 9.80 Å². The van der Waals surface area contributed by atoms with E-state index in [0.717, 1.165) is 38.8 Å². The molecule has 0 aliphatic carbocycles. The highest BCUT2D eigenvalue weighted by Crippen LogP contribution is 2.32. The molecule has 2 aromatic heterocycles. The fraction of sp³-hybridized carbons (Fsp3) is 0.474. The Labute approximate surface area is 168 Å². The van der Waals surface area contributed by atoms with Gasteiger partial charge in [-0.2, -0.15) is 0 Å². The molecule has 0 amide bonds. The first kappa shape index (κ1) is 19.3. The number of ether oxygens (including phenoxy) is 1. The van der Waals surface area contributed by atoms with E-state index in [4.69, 9.17) is 4.74 Å².